The number of carbonyl (C=O) groups excluding carboxylic acids is 1. The second kappa shape index (κ2) is 10.3. The number of nitrogens with zero attached hydrogens (tertiary/aromatic N) is 1. The largest absolute Gasteiger partial charge is 0.339 e. The summed E-state index contributed by atoms with van der Waals surface area (Å²) in [6, 6.07) is 17.1. The molecule has 1 aromatic heterocycles. The Labute approximate surface area is 200 Å². The summed E-state index contributed by atoms with van der Waals surface area (Å²) in [5.74, 6) is -0.445. The van der Waals surface area contributed by atoms with Gasteiger partial charge in [-0.2, -0.15) is 0 Å². The second-order valence-corrected chi connectivity index (χ2v) is 9.48. The third-order valence-corrected chi connectivity index (χ3v) is 5.15. The molecule has 0 saturated heterocycles. The molecule has 3 aromatic rings. The number of rotatable bonds is 5. The van der Waals surface area contributed by atoms with Crippen molar-refractivity contribution in [2.75, 3.05) is 5.32 Å². The summed E-state index contributed by atoms with van der Waals surface area (Å²) in [6.45, 7) is 1.99. The van der Waals surface area contributed by atoms with E-state index < -0.39 is 15.9 Å². The van der Waals surface area contributed by atoms with Gasteiger partial charge in [0, 0.05) is 17.7 Å². The van der Waals surface area contributed by atoms with Crippen molar-refractivity contribution in [1.82, 2.24) is 15.6 Å². The number of pyridine rings is 1. The van der Waals surface area contributed by atoms with Crippen LogP contribution in [0.4, 0.5) is 5.69 Å². The molecule has 0 radical (unpaired) electrons. The lowest BCUT2D eigenvalue weighted by Crippen LogP contribution is -2.55. The van der Waals surface area contributed by atoms with E-state index in [9.17, 15) is 4.79 Å². The number of benzene rings is 2. The molecule has 0 aliphatic heterocycles. The van der Waals surface area contributed by atoms with Crippen LogP contribution in [0, 0.1) is 6.92 Å². The molecule has 0 spiro atoms. The van der Waals surface area contributed by atoms with Crippen LogP contribution < -0.4 is 16.0 Å². The highest BCUT2D eigenvalue weighted by Crippen LogP contribution is 2.29. The number of nitrogens with one attached hydrogen (secondary N) is 3. The molecule has 160 valence electrons. The van der Waals surface area contributed by atoms with Crippen LogP contribution in [0.25, 0.3) is 17.0 Å². The number of halogens is 3. The number of amides is 1. The Morgan fingerprint density at radius 1 is 1.06 bits per heavy atom. The number of alkyl halides is 3. The fraction of sp³-hybridized carbons (Fsp3) is 0.136. The topological polar surface area (TPSA) is 66.1 Å². The molecular formula is C22H19Cl3N4OS. The molecule has 1 unspecified atom stereocenters. The minimum Gasteiger partial charge on any atom is -0.339 e. The van der Waals surface area contributed by atoms with E-state index in [1.54, 1.807) is 12.3 Å². The Morgan fingerprint density at radius 2 is 1.77 bits per heavy atom. The van der Waals surface area contributed by atoms with Crippen molar-refractivity contribution in [3.05, 3.63) is 78.0 Å². The van der Waals surface area contributed by atoms with Gasteiger partial charge in [0.1, 0.15) is 6.17 Å². The van der Waals surface area contributed by atoms with Gasteiger partial charge < -0.3 is 16.0 Å². The highest BCUT2D eigenvalue weighted by atomic mass is 35.6. The summed E-state index contributed by atoms with van der Waals surface area (Å²) >= 11 is 23.5. The first-order chi connectivity index (χ1) is 14.7. The number of hydrogen-bond acceptors (Lipinski definition) is 3. The molecule has 2 aromatic carbocycles. The van der Waals surface area contributed by atoms with Crippen LogP contribution >= 0.6 is 47.0 Å². The van der Waals surface area contributed by atoms with E-state index in [2.05, 4.69) is 20.9 Å². The highest BCUT2D eigenvalue weighted by molar-refractivity contribution is 7.80. The quantitative estimate of drug-likeness (QED) is 0.193. The van der Waals surface area contributed by atoms with Crippen molar-refractivity contribution in [1.29, 1.82) is 0 Å². The maximum absolute atomic E-state index is 12.4. The van der Waals surface area contributed by atoms with Crippen LogP contribution in [-0.2, 0) is 4.79 Å². The van der Waals surface area contributed by atoms with Gasteiger partial charge in [-0.25, -0.2) is 0 Å². The molecule has 31 heavy (non-hydrogen) atoms. The van der Waals surface area contributed by atoms with Gasteiger partial charge in [0.2, 0.25) is 9.70 Å². The van der Waals surface area contributed by atoms with Gasteiger partial charge in [-0.15, -0.1) is 0 Å². The van der Waals surface area contributed by atoms with E-state index in [1.165, 1.54) is 6.08 Å². The fourth-order valence-corrected chi connectivity index (χ4v) is 3.29. The van der Waals surface area contributed by atoms with Gasteiger partial charge >= 0.3 is 0 Å². The molecule has 1 heterocycles. The first-order valence-corrected chi connectivity index (χ1v) is 10.8. The van der Waals surface area contributed by atoms with Gasteiger partial charge in [0.15, 0.2) is 5.11 Å². The Kier molecular flexibility index (Phi) is 7.73. The number of fused-ring (bicyclic) bond motifs is 1. The normalized spacial score (nSPS) is 12.5. The molecule has 5 nitrogen and oxygen atoms in total. The van der Waals surface area contributed by atoms with Crippen LogP contribution in [0.15, 0.2) is 66.9 Å². The van der Waals surface area contributed by atoms with Crippen LogP contribution in [0.1, 0.15) is 11.1 Å². The number of carbonyl (C=O) groups is 1. The molecule has 0 fully saturated rings. The van der Waals surface area contributed by atoms with E-state index in [4.69, 9.17) is 47.0 Å². The lowest BCUT2D eigenvalue weighted by Gasteiger charge is -2.27. The predicted molar refractivity (Wildman–Crippen MR) is 134 cm³/mol. The smallest absolute Gasteiger partial charge is 0.245 e. The Balaban J connectivity index is 1.67. The van der Waals surface area contributed by atoms with E-state index in [1.807, 2.05) is 61.5 Å². The Hall–Kier alpha value is -2.38. The van der Waals surface area contributed by atoms with E-state index in [0.717, 1.165) is 22.0 Å². The third kappa shape index (κ3) is 6.80. The fourth-order valence-electron chi connectivity index (χ4n) is 2.73. The van der Waals surface area contributed by atoms with Crippen molar-refractivity contribution in [3.8, 4) is 0 Å². The number of hydrogen-bond donors (Lipinski definition) is 3. The Morgan fingerprint density at radius 3 is 2.48 bits per heavy atom. The molecule has 1 atom stereocenters. The maximum atomic E-state index is 12.4. The van der Waals surface area contributed by atoms with Crippen molar-refractivity contribution in [2.24, 2.45) is 0 Å². The van der Waals surface area contributed by atoms with Crippen molar-refractivity contribution >= 4 is 80.7 Å². The van der Waals surface area contributed by atoms with Crippen LogP contribution in [0.2, 0.25) is 0 Å². The minimum atomic E-state index is -1.85. The average molecular weight is 494 g/mol. The SMILES string of the molecule is Cc1ccc(/C=C/C(=O)NC(NC(=S)Nc2cccc3cccnc23)C(Cl)(Cl)Cl)cc1. The molecule has 0 saturated carbocycles. The minimum absolute atomic E-state index is 0.164. The summed E-state index contributed by atoms with van der Waals surface area (Å²) in [4.78, 5) is 16.7. The number of aromatic nitrogens is 1. The third-order valence-electron chi connectivity index (χ3n) is 4.27. The van der Waals surface area contributed by atoms with Crippen molar-refractivity contribution in [3.63, 3.8) is 0 Å². The van der Waals surface area contributed by atoms with Gasteiger partial charge in [0.05, 0.1) is 11.2 Å². The summed E-state index contributed by atoms with van der Waals surface area (Å²) in [5, 5.41) is 9.60. The zero-order chi connectivity index (χ0) is 22.4. The van der Waals surface area contributed by atoms with Gasteiger partial charge in [-0.3, -0.25) is 9.78 Å². The molecule has 0 aliphatic carbocycles. The summed E-state index contributed by atoms with van der Waals surface area (Å²) in [6.07, 6.45) is 3.65. The van der Waals surface area contributed by atoms with E-state index in [0.29, 0.717) is 5.69 Å². The number of para-hydroxylation sites is 1. The molecule has 9 heteroatoms. The van der Waals surface area contributed by atoms with Gasteiger partial charge in [-0.05, 0) is 42.9 Å². The van der Waals surface area contributed by atoms with E-state index in [-0.39, 0.29) is 5.11 Å². The average Bonchev–Trinajstić information content (AvgIpc) is 2.72. The molecule has 0 aliphatic rings. The molecule has 3 N–H and O–H groups in total. The summed E-state index contributed by atoms with van der Waals surface area (Å²) in [7, 11) is 0. The molecule has 0 bridgehead atoms. The summed E-state index contributed by atoms with van der Waals surface area (Å²) < 4.78 is -1.85. The van der Waals surface area contributed by atoms with Gasteiger partial charge in [-0.1, -0.05) is 82.8 Å². The number of anilines is 1. The van der Waals surface area contributed by atoms with Crippen LogP contribution in [0.5, 0.6) is 0 Å². The predicted octanol–water partition coefficient (Wildman–Crippen LogP) is 5.36. The monoisotopic (exact) mass is 492 g/mol. The van der Waals surface area contributed by atoms with E-state index >= 15 is 0 Å². The second-order valence-electron chi connectivity index (χ2n) is 6.71. The zero-order valence-corrected chi connectivity index (χ0v) is 19.5. The first-order valence-electron chi connectivity index (χ1n) is 9.25. The lowest BCUT2D eigenvalue weighted by atomic mass is 10.1. The first kappa shape index (κ1) is 23.3. The van der Waals surface area contributed by atoms with Crippen LogP contribution in [-0.4, -0.2) is 26.0 Å². The zero-order valence-electron chi connectivity index (χ0n) is 16.4. The van der Waals surface area contributed by atoms with Crippen molar-refractivity contribution < 1.29 is 4.79 Å². The van der Waals surface area contributed by atoms with Gasteiger partial charge in [0.25, 0.3) is 0 Å². The highest BCUT2D eigenvalue weighted by Gasteiger charge is 2.34. The number of thiocarbonyl (C=S) groups is 1. The van der Waals surface area contributed by atoms with Crippen LogP contribution in [0.3, 0.4) is 0 Å². The lowest BCUT2D eigenvalue weighted by molar-refractivity contribution is -0.117. The van der Waals surface area contributed by atoms with Crippen molar-refractivity contribution in [2.45, 2.75) is 16.9 Å². The molecule has 1 amide bonds. The standard InChI is InChI=1S/C22H19Cl3N4OS/c1-14-7-9-15(10-8-14)11-12-18(30)28-20(22(23,24)25)29-21(31)27-17-6-2-4-16-5-3-13-26-19(16)17/h2-13,20H,1H3,(H,28,30)(H2,27,29,31)/b12-11+. The summed E-state index contributed by atoms with van der Waals surface area (Å²) in [5.41, 5.74) is 3.43. The molecular weight excluding hydrogens is 475 g/mol. The number of aryl methyl sites for hydroxylation is 1. The Bertz CT molecular complexity index is 1110. The maximum Gasteiger partial charge on any atom is 0.245 e. The molecule has 3 rings (SSSR count).